The van der Waals surface area contributed by atoms with Crippen LogP contribution in [0.2, 0.25) is 0 Å². The molecule has 0 fully saturated rings. The van der Waals surface area contributed by atoms with Gasteiger partial charge in [-0.2, -0.15) is 0 Å². The first-order valence-corrected chi connectivity index (χ1v) is 5.02. The number of hydrogen-bond acceptors (Lipinski definition) is 3. The van der Waals surface area contributed by atoms with Crippen molar-refractivity contribution in [3.8, 4) is 12.3 Å². The molecule has 0 spiro atoms. The highest BCUT2D eigenvalue weighted by Gasteiger charge is 2.08. The number of rotatable bonds is 1. The van der Waals surface area contributed by atoms with Gasteiger partial charge in [-0.05, 0) is 13.0 Å². The maximum Gasteiger partial charge on any atom is 0.154 e. The van der Waals surface area contributed by atoms with Gasteiger partial charge in [-0.25, -0.2) is 4.99 Å². The van der Waals surface area contributed by atoms with Crippen LogP contribution in [0.3, 0.4) is 0 Å². The molecule has 2 nitrogen and oxygen atoms in total. The van der Waals surface area contributed by atoms with Crippen LogP contribution >= 0.6 is 11.3 Å². The molecule has 0 bridgehead atoms. The van der Waals surface area contributed by atoms with Crippen LogP contribution in [0.5, 0.6) is 0 Å². The zero-order valence-electron chi connectivity index (χ0n) is 8.03. The van der Waals surface area contributed by atoms with Gasteiger partial charge >= 0.3 is 0 Å². The summed E-state index contributed by atoms with van der Waals surface area (Å²) in [7, 11) is 5.55. The molecule has 0 atom stereocenters. The molecule has 0 saturated heterocycles. The Morgan fingerprint density at radius 3 is 3.13 bits per heavy atom. The summed E-state index contributed by atoms with van der Waals surface area (Å²) >= 11 is 1.55. The minimum absolute atomic E-state index is 0.317. The molecule has 0 aliphatic rings. The Labute approximate surface area is 93.5 Å². The third-order valence-electron chi connectivity index (χ3n) is 1.83. The van der Waals surface area contributed by atoms with Gasteiger partial charge in [0.1, 0.15) is 15.9 Å². The van der Waals surface area contributed by atoms with E-state index in [0.717, 1.165) is 20.8 Å². The van der Waals surface area contributed by atoms with E-state index in [9.17, 15) is 0 Å². The molecule has 2 radical (unpaired) electrons. The van der Waals surface area contributed by atoms with Crippen molar-refractivity contribution in [2.45, 2.75) is 6.92 Å². The molecule has 0 aliphatic heterocycles. The molecule has 0 unspecified atom stereocenters. The highest BCUT2D eigenvalue weighted by atomic mass is 32.1. The van der Waals surface area contributed by atoms with Gasteiger partial charge in [-0.3, -0.25) is 4.98 Å². The number of aryl methyl sites for hydroxylation is 1. The van der Waals surface area contributed by atoms with Gasteiger partial charge in [-0.15, -0.1) is 17.8 Å². The maximum atomic E-state index is 5.55. The van der Waals surface area contributed by atoms with Gasteiger partial charge in [0.05, 0.1) is 6.21 Å². The zero-order chi connectivity index (χ0) is 10.8. The van der Waals surface area contributed by atoms with Crippen molar-refractivity contribution >= 4 is 46.9 Å². The summed E-state index contributed by atoms with van der Waals surface area (Å²) in [5.41, 5.74) is 1.82. The third-order valence-corrected chi connectivity index (χ3v) is 2.83. The molecule has 4 heteroatoms. The zero-order valence-corrected chi connectivity index (χ0v) is 8.85. The second-order valence-corrected chi connectivity index (χ2v) is 4.08. The second-order valence-electron chi connectivity index (χ2n) is 2.86. The fraction of sp³-hybridized carbons (Fsp3) is 0.0909. The lowest BCUT2D eigenvalue weighted by atomic mass is 10.1. The number of hydrogen-bond donors (Lipinski definition) is 0. The van der Waals surface area contributed by atoms with Crippen molar-refractivity contribution in [2.75, 3.05) is 0 Å². The quantitative estimate of drug-likeness (QED) is 0.394. The van der Waals surface area contributed by atoms with Gasteiger partial charge in [0, 0.05) is 10.5 Å². The molecule has 0 N–H and O–H groups in total. The smallest absolute Gasteiger partial charge is 0.154 e. The first kappa shape index (κ1) is 9.77. The third kappa shape index (κ3) is 1.72. The molecular formula is C11H5BN2S. The van der Waals surface area contributed by atoms with Crippen molar-refractivity contribution in [3.05, 3.63) is 17.0 Å². The Balaban J connectivity index is 2.72. The van der Waals surface area contributed by atoms with E-state index in [1.165, 1.54) is 6.21 Å². The fourth-order valence-corrected chi connectivity index (χ4v) is 2.13. The molecule has 0 saturated carbocycles. The first-order chi connectivity index (χ1) is 7.22. The Bertz CT molecular complexity index is 578. The monoisotopic (exact) mass is 208 g/mol. The molecular weight excluding hydrogens is 203 g/mol. The first-order valence-electron chi connectivity index (χ1n) is 4.20. The van der Waals surface area contributed by atoms with E-state index >= 15 is 0 Å². The Hall–Kier alpha value is -1.78. The molecule has 68 valence electrons. The van der Waals surface area contributed by atoms with E-state index in [2.05, 4.69) is 28.0 Å². The molecule has 15 heavy (non-hydrogen) atoms. The number of nitrogens with zero attached hydrogens (tertiary/aromatic N) is 2. The minimum Gasteiger partial charge on any atom is -0.252 e. The summed E-state index contributed by atoms with van der Waals surface area (Å²) in [5.74, 6) is 2.35. The van der Waals surface area contributed by atoms with Crippen molar-refractivity contribution in [2.24, 2.45) is 4.99 Å². The van der Waals surface area contributed by atoms with Gasteiger partial charge in [-0.1, -0.05) is 12.0 Å². The van der Waals surface area contributed by atoms with E-state index in [-0.39, 0.29) is 0 Å². The van der Waals surface area contributed by atoms with E-state index in [4.69, 9.17) is 14.3 Å². The summed E-state index contributed by atoms with van der Waals surface area (Å²) in [6.45, 7) is 1.96. The van der Waals surface area contributed by atoms with Crippen LogP contribution in [0, 0.1) is 31.4 Å². The van der Waals surface area contributed by atoms with Crippen LogP contribution in [0.1, 0.15) is 4.88 Å². The van der Waals surface area contributed by atoms with Gasteiger partial charge in [0.2, 0.25) is 0 Å². The van der Waals surface area contributed by atoms with Crippen LogP contribution in [0.25, 0.3) is 10.2 Å². The van der Waals surface area contributed by atoms with Crippen molar-refractivity contribution in [1.82, 2.24) is 4.98 Å². The van der Waals surface area contributed by atoms with Crippen LogP contribution < -0.4 is 5.59 Å². The van der Waals surface area contributed by atoms with E-state index in [1.54, 1.807) is 11.3 Å². The average molecular weight is 208 g/mol. The molecule has 2 aromatic rings. The summed E-state index contributed by atoms with van der Waals surface area (Å²) in [6, 6.07) is 5.67. The predicted molar refractivity (Wildman–Crippen MR) is 64.4 cm³/mol. The highest BCUT2D eigenvalue weighted by Crippen LogP contribution is 2.34. The van der Waals surface area contributed by atoms with Crippen LogP contribution in [-0.2, 0) is 0 Å². The fourth-order valence-electron chi connectivity index (χ4n) is 1.24. The largest absolute Gasteiger partial charge is 0.252 e. The van der Waals surface area contributed by atoms with Crippen molar-refractivity contribution < 1.29 is 0 Å². The summed E-state index contributed by atoms with van der Waals surface area (Å²) < 4.78 is 0.894. The van der Waals surface area contributed by atoms with Crippen LogP contribution in [-0.4, -0.2) is 19.0 Å². The Morgan fingerprint density at radius 1 is 1.60 bits per heavy atom. The van der Waals surface area contributed by atoms with E-state index in [0.29, 0.717) is 5.59 Å². The number of fused-ring (bicyclic) bond motifs is 1. The lowest BCUT2D eigenvalue weighted by molar-refractivity contribution is 1.45. The topological polar surface area (TPSA) is 25.2 Å². The minimum atomic E-state index is 0.317. The maximum absolute atomic E-state index is 5.55. The SMILES string of the molecule is [B]c1c#cc2sc(C)c(N=CC#C)c2n1. The molecule has 2 rings (SSSR count). The number of thiophene rings is 1. The molecule has 0 amide bonds. The Morgan fingerprint density at radius 2 is 2.40 bits per heavy atom. The lowest BCUT2D eigenvalue weighted by Gasteiger charge is -1.91. The van der Waals surface area contributed by atoms with Crippen molar-refractivity contribution in [3.63, 3.8) is 0 Å². The van der Waals surface area contributed by atoms with Gasteiger partial charge in [0.15, 0.2) is 7.85 Å². The van der Waals surface area contributed by atoms with Crippen LogP contribution in [0.15, 0.2) is 4.99 Å². The van der Waals surface area contributed by atoms with E-state index in [1.807, 2.05) is 6.92 Å². The normalized spacial score (nSPS) is 10.4. The molecule has 0 aromatic carbocycles. The summed E-state index contributed by atoms with van der Waals surface area (Å²) in [5, 5.41) is 0. The average Bonchev–Trinajstić information content (AvgIpc) is 2.51. The molecule has 2 heterocycles. The second kappa shape index (κ2) is 3.77. The number of aliphatic imine (C=N–C) groups is 1. The standard InChI is InChI=1S/C11H5BN2S/c1-3-6-13-10-7(2)15-8-4-5-9(12)14-11(8)10/h1,6H,2H3. The van der Waals surface area contributed by atoms with Crippen molar-refractivity contribution in [1.29, 1.82) is 0 Å². The van der Waals surface area contributed by atoms with E-state index < -0.39 is 0 Å². The molecule has 0 aliphatic carbocycles. The lowest BCUT2D eigenvalue weighted by Crippen LogP contribution is -2.04. The van der Waals surface area contributed by atoms with Crippen LogP contribution in [0.4, 0.5) is 5.69 Å². The summed E-state index contributed by atoms with van der Waals surface area (Å²) in [6.07, 6.45) is 6.52. The highest BCUT2D eigenvalue weighted by molar-refractivity contribution is 7.19. The van der Waals surface area contributed by atoms with Gasteiger partial charge in [0.25, 0.3) is 0 Å². The van der Waals surface area contributed by atoms with Gasteiger partial charge < -0.3 is 0 Å². The summed E-state index contributed by atoms with van der Waals surface area (Å²) in [4.78, 5) is 9.36. The molecule has 2 aromatic heterocycles. The number of aromatic nitrogens is 1. The Kier molecular flexibility index (Phi) is 2.45. The number of terminal acetylenes is 1. The predicted octanol–water partition coefficient (Wildman–Crippen LogP) is 1.33.